The summed E-state index contributed by atoms with van der Waals surface area (Å²) >= 11 is 0. The standard InChI is InChI=1S/C43H51N9O7/c1-24-8-9-26(18-32(24)29-6-5-7-30(20-29)39(54)47-36-33-22-52(42(57)58)23-34(33)36)19-35(40(55)45-31-16-14-27(15-17-31)37-48-50-51-49-37)46-38(53)28-12-10-25(11-13-28)21-44-41(56)59-43(2,3)4/h5-9,14-18,20,25,28,33-36H,10-13,19,21-23H2,1-4H3,(H,44,56)(H,45,55)(H,46,53)(H,47,54)(H,57,58)(H,48,49,50,51)/t25?,28?,33?,34?,35-,36?/m0/s1. The fourth-order valence-corrected chi connectivity index (χ4v) is 8.19. The summed E-state index contributed by atoms with van der Waals surface area (Å²) in [5.74, 6) is -0.149. The van der Waals surface area contributed by atoms with Crippen LogP contribution in [0.2, 0.25) is 0 Å². The molecule has 2 heterocycles. The number of aryl methyl sites for hydroxylation is 1. The van der Waals surface area contributed by atoms with Crippen molar-refractivity contribution < 1.29 is 33.8 Å². The van der Waals surface area contributed by atoms with Gasteiger partial charge in [0.15, 0.2) is 0 Å². The van der Waals surface area contributed by atoms with Crippen molar-refractivity contribution in [1.82, 2.24) is 41.5 Å². The third-order valence-electron chi connectivity index (χ3n) is 11.5. The van der Waals surface area contributed by atoms with Crippen molar-refractivity contribution in [3.63, 3.8) is 0 Å². The minimum absolute atomic E-state index is 0.0373. The van der Waals surface area contributed by atoms with Crippen LogP contribution in [0.4, 0.5) is 15.3 Å². The van der Waals surface area contributed by atoms with E-state index in [9.17, 15) is 29.1 Å². The Morgan fingerprint density at radius 1 is 0.932 bits per heavy atom. The molecule has 0 radical (unpaired) electrons. The van der Waals surface area contributed by atoms with Gasteiger partial charge in [0.25, 0.3) is 5.91 Å². The third kappa shape index (κ3) is 10.2. The molecule has 1 aromatic heterocycles. The number of hydrogen-bond donors (Lipinski definition) is 6. The number of carboxylic acid groups (broad SMARTS) is 1. The molecule has 2 unspecified atom stereocenters. The zero-order valence-electron chi connectivity index (χ0n) is 33.7. The van der Waals surface area contributed by atoms with Crippen molar-refractivity contribution in [2.75, 3.05) is 25.0 Å². The number of nitrogens with zero attached hydrogens (tertiary/aromatic N) is 4. The van der Waals surface area contributed by atoms with Crippen LogP contribution in [0.1, 0.15) is 67.9 Å². The van der Waals surface area contributed by atoms with Crippen LogP contribution >= 0.6 is 0 Å². The quantitative estimate of drug-likeness (QED) is 0.110. The molecule has 2 aliphatic carbocycles. The maximum absolute atomic E-state index is 14.0. The zero-order valence-corrected chi connectivity index (χ0v) is 33.7. The number of ether oxygens (including phenoxy) is 1. The Morgan fingerprint density at radius 2 is 1.66 bits per heavy atom. The summed E-state index contributed by atoms with van der Waals surface area (Å²) in [7, 11) is 0. The molecule has 4 aromatic rings. The second kappa shape index (κ2) is 17.3. The van der Waals surface area contributed by atoms with E-state index >= 15 is 0 Å². The molecule has 1 saturated heterocycles. The van der Waals surface area contributed by atoms with E-state index in [0.717, 1.165) is 40.7 Å². The molecule has 59 heavy (non-hydrogen) atoms. The monoisotopic (exact) mass is 805 g/mol. The van der Waals surface area contributed by atoms with E-state index in [4.69, 9.17) is 4.74 Å². The maximum atomic E-state index is 14.0. The van der Waals surface area contributed by atoms with E-state index in [1.807, 2.05) is 64.1 Å². The fourth-order valence-electron chi connectivity index (χ4n) is 8.19. The lowest BCUT2D eigenvalue weighted by Gasteiger charge is -2.29. The van der Waals surface area contributed by atoms with Crippen LogP contribution in [0.15, 0.2) is 66.7 Å². The predicted octanol–water partition coefficient (Wildman–Crippen LogP) is 5.18. The van der Waals surface area contributed by atoms with Crippen molar-refractivity contribution in [1.29, 1.82) is 0 Å². The van der Waals surface area contributed by atoms with Gasteiger partial charge in [-0.25, -0.2) is 9.59 Å². The van der Waals surface area contributed by atoms with Crippen molar-refractivity contribution in [2.45, 2.75) is 77.5 Å². The van der Waals surface area contributed by atoms with E-state index in [-0.39, 0.29) is 53.9 Å². The van der Waals surface area contributed by atoms with Crippen LogP contribution in [0.5, 0.6) is 0 Å². The number of tetrazole rings is 1. The summed E-state index contributed by atoms with van der Waals surface area (Å²) in [5, 5.41) is 35.3. The van der Waals surface area contributed by atoms with Crippen molar-refractivity contribution in [2.24, 2.45) is 23.7 Å². The molecule has 6 N–H and O–H groups in total. The zero-order chi connectivity index (χ0) is 41.8. The van der Waals surface area contributed by atoms with Gasteiger partial charge in [0, 0.05) is 66.7 Å². The first-order valence-corrected chi connectivity index (χ1v) is 20.1. The van der Waals surface area contributed by atoms with Crippen LogP contribution in [0.3, 0.4) is 0 Å². The van der Waals surface area contributed by atoms with Crippen LogP contribution in [-0.2, 0) is 20.7 Å². The van der Waals surface area contributed by atoms with E-state index in [0.29, 0.717) is 49.6 Å². The fraction of sp³-hybridized carbons (Fsp3) is 0.442. The average molecular weight is 806 g/mol. The number of H-pyrrole nitrogens is 1. The van der Waals surface area contributed by atoms with Gasteiger partial charge < -0.3 is 36.0 Å². The van der Waals surface area contributed by atoms with Crippen LogP contribution < -0.4 is 21.3 Å². The number of alkyl carbamates (subject to hydrolysis) is 1. The number of nitrogens with one attached hydrogen (secondary N) is 5. The molecular weight excluding hydrogens is 755 g/mol. The molecule has 7 rings (SSSR count). The Bertz CT molecular complexity index is 2170. The Labute approximate surface area is 342 Å². The first-order chi connectivity index (χ1) is 28.2. The Balaban J connectivity index is 1.03. The summed E-state index contributed by atoms with van der Waals surface area (Å²) in [4.78, 5) is 66.1. The smallest absolute Gasteiger partial charge is 0.407 e. The van der Waals surface area contributed by atoms with Gasteiger partial charge in [-0.05, 0) is 123 Å². The highest BCUT2D eigenvalue weighted by molar-refractivity contribution is 5.98. The van der Waals surface area contributed by atoms with Crippen LogP contribution in [0, 0.1) is 30.6 Å². The molecule has 310 valence electrons. The van der Waals surface area contributed by atoms with E-state index in [2.05, 4.69) is 41.9 Å². The number of benzene rings is 3. The first kappa shape index (κ1) is 40.9. The molecule has 1 aliphatic heterocycles. The molecule has 16 nitrogen and oxygen atoms in total. The number of carbonyl (C=O) groups excluding carboxylic acids is 4. The highest BCUT2D eigenvalue weighted by atomic mass is 16.6. The van der Waals surface area contributed by atoms with E-state index in [1.54, 1.807) is 30.3 Å². The summed E-state index contributed by atoms with van der Waals surface area (Å²) in [6, 6.07) is 19.3. The van der Waals surface area contributed by atoms with Crippen molar-refractivity contribution in [3.8, 4) is 22.5 Å². The molecule has 0 spiro atoms. The number of carbonyl (C=O) groups is 5. The normalized spacial score (nSPS) is 21.4. The number of rotatable bonds is 12. The summed E-state index contributed by atoms with van der Waals surface area (Å²) in [6.45, 7) is 8.76. The molecule has 3 aliphatic rings. The molecule has 16 heteroatoms. The molecule has 2 saturated carbocycles. The lowest BCUT2D eigenvalue weighted by atomic mass is 9.81. The van der Waals surface area contributed by atoms with Gasteiger partial charge in [-0.1, -0.05) is 30.3 Å². The second-order valence-corrected chi connectivity index (χ2v) is 16.9. The SMILES string of the molecule is Cc1ccc(C[C@H](NC(=O)C2CCC(CNC(=O)OC(C)(C)C)CC2)C(=O)Nc2ccc(-c3nn[nH]n3)cc2)cc1-c1cccc(C(=O)NC2C3CN(C(=O)O)CC32)c1. The number of anilines is 1. The largest absolute Gasteiger partial charge is 0.465 e. The van der Waals surface area contributed by atoms with Gasteiger partial charge >= 0.3 is 12.2 Å². The molecule has 3 fully saturated rings. The summed E-state index contributed by atoms with van der Waals surface area (Å²) in [5.41, 5.74) is 4.67. The maximum Gasteiger partial charge on any atom is 0.407 e. The van der Waals surface area contributed by atoms with E-state index < -0.39 is 23.8 Å². The third-order valence-corrected chi connectivity index (χ3v) is 11.5. The van der Waals surface area contributed by atoms with E-state index in [1.165, 1.54) is 4.90 Å². The van der Waals surface area contributed by atoms with Gasteiger partial charge in [-0.3, -0.25) is 14.4 Å². The molecule has 0 bridgehead atoms. The van der Waals surface area contributed by atoms with Crippen molar-refractivity contribution >= 4 is 35.6 Å². The number of aromatic nitrogens is 4. The number of piperidine rings is 1. The van der Waals surface area contributed by atoms with Gasteiger partial charge in [0.05, 0.1) is 0 Å². The van der Waals surface area contributed by atoms with Crippen LogP contribution in [-0.4, -0.2) is 97.9 Å². The summed E-state index contributed by atoms with van der Waals surface area (Å²) in [6.07, 6.45) is 1.57. The highest BCUT2D eigenvalue weighted by Crippen LogP contribution is 2.45. The average Bonchev–Trinajstić information content (AvgIpc) is 3.57. The van der Waals surface area contributed by atoms with Crippen LogP contribution in [0.25, 0.3) is 22.5 Å². The number of amides is 5. The summed E-state index contributed by atoms with van der Waals surface area (Å²) < 4.78 is 5.36. The molecular formula is C43H51N9O7. The van der Waals surface area contributed by atoms with Gasteiger partial charge in [-0.2, -0.15) is 5.21 Å². The number of aromatic amines is 1. The Kier molecular flexibility index (Phi) is 12.0. The Hall–Kier alpha value is -6.32. The number of likely N-dealkylation sites (tertiary alicyclic amines) is 1. The molecule has 3 atom stereocenters. The minimum Gasteiger partial charge on any atom is -0.465 e. The highest BCUT2D eigenvalue weighted by Gasteiger charge is 2.57. The lowest BCUT2D eigenvalue weighted by Crippen LogP contribution is -2.48. The topological polar surface area (TPSA) is 221 Å². The molecule has 5 amide bonds. The van der Waals surface area contributed by atoms with Crippen molar-refractivity contribution in [3.05, 3.63) is 83.4 Å². The number of fused-ring (bicyclic) bond motifs is 1. The minimum atomic E-state index is -0.931. The van der Waals surface area contributed by atoms with Gasteiger partial charge in [0.1, 0.15) is 11.6 Å². The second-order valence-electron chi connectivity index (χ2n) is 16.9. The predicted molar refractivity (Wildman–Crippen MR) is 218 cm³/mol. The number of hydrogen-bond acceptors (Lipinski definition) is 9. The van der Waals surface area contributed by atoms with Gasteiger partial charge in [-0.15, -0.1) is 10.2 Å². The molecule has 3 aromatic carbocycles. The Morgan fingerprint density at radius 3 is 2.32 bits per heavy atom. The first-order valence-electron chi connectivity index (χ1n) is 20.1. The van der Waals surface area contributed by atoms with Gasteiger partial charge in [0.2, 0.25) is 17.6 Å². The lowest BCUT2D eigenvalue weighted by molar-refractivity contribution is -0.130.